The molecule has 1 N–H and O–H groups in total. The van der Waals surface area contributed by atoms with Gasteiger partial charge >= 0.3 is 0 Å². The molecule has 20 heavy (non-hydrogen) atoms. The summed E-state index contributed by atoms with van der Waals surface area (Å²) in [6, 6.07) is 13.1. The Bertz CT molecular complexity index is 604. The van der Waals surface area contributed by atoms with Gasteiger partial charge in [0.15, 0.2) is 0 Å². The zero-order valence-corrected chi connectivity index (χ0v) is 12.9. The van der Waals surface area contributed by atoms with Crippen LogP contribution in [0.3, 0.4) is 0 Å². The number of hydrogen-bond acceptors (Lipinski definition) is 2. The summed E-state index contributed by atoms with van der Waals surface area (Å²) in [6.07, 6.45) is 0. The summed E-state index contributed by atoms with van der Waals surface area (Å²) in [4.78, 5) is 0. The van der Waals surface area contributed by atoms with E-state index >= 15 is 0 Å². The standard InChI is InChI=1S/C18H23NO/c1-12-6-9-17(20-5)16(10-12)18(19-4)15-8-7-13(2)14(3)11-15/h6-11,18-19H,1-5H3. The van der Waals surface area contributed by atoms with Crippen LogP contribution < -0.4 is 10.1 Å². The van der Waals surface area contributed by atoms with Gasteiger partial charge in [0.25, 0.3) is 0 Å². The molecule has 0 saturated heterocycles. The molecule has 0 saturated carbocycles. The summed E-state index contributed by atoms with van der Waals surface area (Å²) in [5, 5.41) is 3.40. The van der Waals surface area contributed by atoms with Gasteiger partial charge in [0, 0.05) is 5.56 Å². The normalized spacial score (nSPS) is 12.2. The van der Waals surface area contributed by atoms with Crippen LogP contribution in [0, 0.1) is 20.8 Å². The van der Waals surface area contributed by atoms with Crippen LogP contribution in [0.4, 0.5) is 0 Å². The number of rotatable bonds is 4. The zero-order valence-electron chi connectivity index (χ0n) is 12.9. The van der Waals surface area contributed by atoms with Crippen LogP contribution in [0.5, 0.6) is 5.75 Å². The third-order valence-corrected chi connectivity index (χ3v) is 3.85. The third-order valence-electron chi connectivity index (χ3n) is 3.85. The molecule has 2 aromatic carbocycles. The molecule has 0 aliphatic carbocycles. The van der Waals surface area contributed by atoms with Crippen LogP contribution in [-0.4, -0.2) is 14.2 Å². The van der Waals surface area contributed by atoms with E-state index in [9.17, 15) is 0 Å². The molecule has 106 valence electrons. The lowest BCUT2D eigenvalue weighted by Gasteiger charge is -2.21. The summed E-state index contributed by atoms with van der Waals surface area (Å²) < 4.78 is 5.52. The Hall–Kier alpha value is -1.80. The van der Waals surface area contributed by atoms with E-state index in [2.05, 4.69) is 56.4 Å². The second kappa shape index (κ2) is 6.10. The van der Waals surface area contributed by atoms with Crippen molar-refractivity contribution in [1.29, 1.82) is 0 Å². The molecule has 0 amide bonds. The lowest BCUT2D eigenvalue weighted by atomic mass is 9.94. The topological polar surface area (TPSA) is 21.3 Å². The SMILES string of the molecule is CNC(c1ccc(C)c(C)c1)c1cc(C)ccc1OC. The fraction of sp³-hybridized carbons (Fsp3) is 0.333. The molecule has 0 aliphatic heterocycles. The van der Waals surface area contributed by atoms with Gasteiger partial charge in [-0.25, -0.2) is 0 Å². The van der Waals surface area contributed by atoms with Crippen molar-refractivity contribution in [2.75, 3.05) is 14.2 Å². The molecule has 1 atom stereocenters. The third kappa shape index (κ3) is 2.86. The zero-order chi connectivity index (χ0) is 14.7. The molecule has 2 rings (SSSR count). The summed E-state index contributed by atoms with van der Waals surface area (Å²) in [5.41, 5.74) is 6.32. The first-order chi connectivity index (χ1) is 9.56. The minimum Gasteiger partial charge on any atom is -0.496 e. The minimum absolute atomic E-state index is 0.143. The largest absolute Gasteiger partial charge is 0.496 e. The fourth-order valence-electron chi connectivity index (χ4n) is 2.53. The highest BCUT2D eigenvalue weighted by molar-refractivity contribution is 5.45. The molecule has 0 heterocycles. The van der Waals surface area contributed by atoms with Gasteiger partial charge in [-0.2, -0.15) is 0 Å². The number of aryl methyl sites for hydroxylation is 3. The van der Waals surface area contributed by atoms with Gasteiger partial charge in [0.2, 0.25) is 0 Å². The number of nitrogens with one attached hydrogen (secondary N) is 1. The summed E-state index contributed by atoms with van der Waals surface area (Å²) >= 11 is 0. The summed E-state index contributed by atoms with van der Waals surface area (Å²) in [7, 11) is 3.71. The van der Waals surface area contributed by atoms with Crippen molar-refractivity contribution < 1.29 is 4.74 Å². The van der Waals surface area contributed by atoms with E-state index < -0.39 is 0 Å². The molecule has 1 unspecified atom stereocenters. The van der Waals surface area contributed by atoms with Gasteiger partial charge in [0.05, 0.1) is 13.2 Å². The predicted octanol–water partition coefficient (Wildman–Crippen LogP) is 3.93. The van der Waals surface area contributed by atoms with E-state index in [4.69, 9.17) is 4.74 Å². The molecule has 0 radical (unpaired) electrons. The summed E-state index contributed by atoms with van der Waals surface area (Å²) in [5.74, 6) is 0.924. The van der Waals surface area contributed by atoms with Crippen molar-refractivity contribution in [2.45, 2.75) is 26.8 Å². The molecule has 0 bridgehead atoms. The molecule has 2 aromatic rings. The van der Waals surface area contributed by atoms with E-state index in [-0.39, 0.29) is 6.04 Å². The van der Waals surface area contributed by atoms with Crippen molar-refractivity contribution in [3.63, 3.8) is 0 Å². The molecule has 0 spiro atoms. The van der Waals surface area contributed by atoms with Crippen LogP contribution in [0.15, 0.2) is 36.4 Å². The van der Waals surface area contributed by atoms with E-state index in [0.717, 1.165) is 5.75 Å². The minimum atomic E-state index is 0.143. The predicted molar refractivity (Wildman–Crippen MR) is 84.5 cm³/mol. The highest BCUT2D eigenvalue weighted by atomic mass is 16.5. The van der Waals surface area contributed by atoms with Crippen molar-refractivity contribution in [2.24, 2.45) is 0 Å². The Morgan fingerprint density at radius 3 is 2.30 bits per heavy atom. The van der Waals surface area contributed by atoms with Gasteiger partial charge in [-0.15, -0.1) is 0 Å². The lowest BCUT2D eigenvalue weighted by Crippen LogP contribution is -2.18. The Labute approximate surface area is 121 Å². The van der Waals surface area contributed by atoms with Gasteiger partial charge in [0.1, 0.15) is 5.75 Å². The van der Waals surface area contributed by atoms with E-state index in [0.29, 0.717) is 0 Å². The first-order valence-corrected chi connectivity index (χ1v) is 6.95. The maximum absolute atomic E-state index is 5.52. The average molecular weight is 269 g/mol. The van der Waals surface area contributed by atoms with Gasteiger partial charge < -0.3 is 10.1 Å². The van der Waals surface area contributed by atoms with Crippen LogP contribution in [0.2, 0.25) is 0 Å². The van der Waals surface area contributed by atoms with Crippen molar-refractivity contribution in [3.8, 4) is 5.75 Å². The van der Waals surface area contributed by atoms with Crippen molar-refractivity contribution in [1.82, 2.24) is 5.32 Å². The maximum atomic E-state index is 5.52. The van der Waals surface area contributed by atoms with Gasteiger partial charge in [-0.1, -0.05) is 35.9 Å². The van der Waals surface area contributed by atoms with Crippen LogP contribution in [-0.2, 0) is 0 Å². The summed E-state index contributed by atoms with van der Waals surface area (Å²) in [6.45, 7) is 6.40. The molecular weight excluding hydrogens is 246 g/mol. The number of hydrogen-bond donors (Lipinski definition) is 1. The van der Waals surface area contributed by atoms with Crippen molar-refractivity contribution in [3.05, 3.63) is 64.2 Å². The Morgan fingerprint density at radius 2 is 1.70 bits per heavy atom. The van der Waals surface area contributed by atoms with E-state index in [1.807, 2.05) is 13.1 Å². The maximum Gasteiger partial charge on any atom is 0.123 e. The molecular formula is C18H23NO. The average Bonchev–Trinajstić information content (AvgIpc) is 2.44. The van der Waals surface area contributed by atoms with Crippen molar-refractivity contribution >= 4 is 0 Å². The molecule has 2 heteroatoms. The van der Waals surface area contributed by atoms with Crippen LogP contribution in [0.25, 0.3) is 0 Å². The molecule has 0 aromatic heterocycles. The quantitative estimate of drug-likeness (QED) is 0.908. The Kier molecular flexibility index (Phi) is 4.46. The first kappa shape index (κ1) is 14.6. The van der Waals surface area contributed by atoms with E-state index in [1.54, 1.807) is 7.11 Å². The Balaban J connectivity index is 2.51. The van der Waals surface area contributed by atoms with E-state index in [1.165, 1.54) is 27.8 Å². The second-order valence-electron chi connectivity index (χ2n) is 5.31. The molecule has 0 aliphatic rings. The highest BCUT2D eigenvalue weighted by Gasteiger charge is 2.17. The molecule has 0 fully saturated rings. The van der Waals surface area contributed by atoms with Crippen LogP contribution in [0.1, 0.15) is 33.9 Å². The van der Waals surface area contributed by atoms with Gasteiger partial charge in [-0.05, 0) is 50.6 Å². The van der Waals surface area contributed by atoms with Gasteiger partial charge in [-0.3, -0.25) is 0 Å². The van der Waals surface area contributed by atoms with Crippen LogP contribution >= 0.6 is 0 Å². The molecule has 2 nitrogen and oxygen atoms in total. The smallest absolute Gasteiger partial charge is 0.123 e. The lowest BCUT2D eigenvalue weighted by molar-refractivity contribution is 0.405. The fourth-order valence-corrected chi connectivity index (χ4v) is 2.53. The Morgan fingerprint density at radius 1 is 0.950 bits per heavy atom. The first-order valence-electron chi connectivity index (χ1n) is 6.95. The highest BCUT2D eigenvalue weighted by Crippen LogP contribution is 2.31. The number of ether oxygens (including phenoxy) is 1. The number of methoxy groups -OCH3 is 1. The second-order valence-corrected chi connectivity index (χ2v) is 5.31. The number of benzene rings is 2. The monoisotopic (exact) mass is 269 g/mol.